The molecule has 0 unspecified atom stereocenters. The molecule has 0 aliphatic carbocycles. The van der Waals surface area contributed by atoms with E-state index in [9.17, 15) is 9.18 Å². The number of carbonyl (C=O) groups is 1. The second-order valence-electron chi connectivity index (χ2n) is 6.47. The monoisotopic (exact) mass is 394 g/mol. The van der Waals surface area contributed by atoms with E-state index in [-0.39, 0.29) is 18.1 Å². The summed E-state index contributed by atoms with van der Waals surface area (Å²) in [5, 5.41) is 4.30. The minimum absolute atomic E-state index is 0.109. The van der Waals surface area contributed by atoms with Crippen molar-refractivity contribution in [1.29, 1.82) is 0 Å². The number of nitrogens with zero attached hydrogens (tertiary/aromatic N) is 2. The summed E-state index contributed by atoms with van der Waals surface area (Å²) in [4.78, 5) is 12.5. The van der Waals surface area contributed by atoms with Crippen LogP contribution in [0.25, 0.3) is 6.08 Å². The van der Waals surface area contributed by atoms with Gasteiger partial charge >= 0.3 is 0 Å². The summed E-state index contributed by atoms with van der Waals surface area (Å²) in [6.45, 7) is 4.64. The summed E-state index contributed by atoms with van der Waals surface area (Å²) < 4.78 is 26.5. The molecule has 150 valence electrons. The van der Waals surface area contributed by atoms with Crippen LogP contribution in [0.4, 0.5) is 4.39 Å². The van der Waals surface area contributed by atoms with Gasteiger partial charge in [0.2, 0.25) is 0 Å². The van der Waals surface area contributed by atoms with Crippen LogP contribution in [0.1, 0.15) is 34.1 Å². The third-order valence-corrected chi connectivity index (χ3v) is 4.49. The summed E-state index contributed by atoms with van der Waals surface area (Å²) in [5.41, 5.74) is 2.85. The van der Waals surface area contributed by atoms with Crippen molar-refractivity contribution >= 4 is 11.9 Å². The number of allylic oxidation sites excluding steroid dienone is 1. The van der Waals surface area contributed by atoms with Crippen LogP contribution < -0.4 is 9.47 Å². The third kappa shape index (κ3) is 4.90. The van der Waals surface area contributed by atoms with E-state index < -0.39 is 5.82 Å². The van der Waals surface area contributed by atoms with Crippen molar-refractivity contribution in [1.82, 2.24) is 9.78 Å². The van der Waals surface area contributed by atoms with E-state index in [0.29, 0.717) is 23.6 Å². The zero-order valence-electron chi connectivity index (χ0n) is 16.7. The van der Waals surface area contributed by atoms with Gasteiger partial charge in [0, 0.05) is 18.3 Å². The van der Waals surface area contributed by atoms with Crippen molar-refractivity contribution in [2.45, 2.75) is 27.0 Å². The number of hydrogen-bond acceptors (Lipinski definition) is 4. The Balaban J connectivity index is 1.77. The van der Waals surface area contributed by atoms with Gasteiger partial charge in [-0.3, -0.25) is 9.48 Å². The normalized spacial score (nSPS) is 11.0. The summed E-state index contributed by atoms with van der Waals surface area (Å²) >= 11 is 0. The first kappa shape index (κ1) is 20.3. The number of benzene rings is 2. The minimum Gasteiger partial charge on any atom is -0.496 e. The fourth-order valence-electron chi connectivity index (χ4n) is 2.92. The molecule has 6 heteroatoms. The summed E-state index contributed by atoms with van der Waals surface area (Å²) in [7, 11) is 1.56. The average Bonchev–Trinajstić information content (AvgIpc) is 3.12. The molecule has 0 saturated carbocycles. The molecule has 0 amide bonds. The Bertz CT molecular complexity index is 1040. The van der Waals surface area contributed by atoms with Gasteiger partial charge in [-0.1, -0.05) is 24.3 Å². The molecule has 0 atom stereocenters. The van der Waals surface area contributed by atoms with Crippen LogP contribution in [0.3, 0.4) is 0 Å². The molecule has 2 aromatic carbocycles. The molecule has 3 aromatic rings. The smallest absolute Gasteiger partial charge is 0.189 e. The van der Waals surface area contributed by atoms with E-state index in [1.165, 1.54) is 12.1 Å². The Morgan fingerprint density at radius 2 is 2.00 bits per heavy atom. The van der Waals surface area contributed by atoms with Crippen molar-refractivity contribution in [3.8, 4) is 11.5 Å². The molecule has 0 fully saturated rings. The molecule has 29 heavy (non-hydrogen) atoms. The van der Waals surface area contributed by atoms with Gasteiger partial charge in [-0.05, 0) is 49.8 Å². The number of aryl methyl sites for hydroxylation is 2. The second-order valence-corrected chi connectivity index (χ2v) is 6.47. The molecular weight excluding hydrogens is 371 g/mol. The number of aromatic nitrogens is 2. The standard InChI is InChI=1S/C23H23FN2O3/c1-4-26-14-19(16(2)25-26)21(27)11-9-17-10-12-22(28-3)18(13-17)15-29-23-8-6-5-7-20(23)24/h5-14H,4,15H2,1-3H3/b11-9+. The highest BCUT2D eigenvalue weighted by atomic mass is 19.1. The number of carbonyl (C=O) groups excluding carboxylic acids is 1. The van der Waals surface area contributed by atoms with Crippen LogP contribution in [-0.4, -0.2) is 22.7 Å². The highest BCUT2D eigenvalue weighted by Gasteiger charge is 2.11. The maximum Gasteiger partial charge on any atom is 0.189 e. The third-order valence-electron chi connectivity index (χ3n) is 4.49. The Hall–Kier alpha value is -3.41. The molecule has 0 saturated heterocycles. The zero-order chi connectivity index (χ0) is 20.8. The number of ether oxygens (including phenoxy) is 2. The van der Waals surface area contributed by atoms with E-state index in [1.54, 1.807) is 48.3 Å². The van der Waals surface area contributed by atoms with Crippen molar-refractivity contribution in [3.05, 3.63) is 82.9 Å². The summed E-state index contributed by atoms with van der Waals surface area (Å²) in [6, 6.07) is 11.7. The average molecular weight is 394 g/mol. The number of halogens is 1. The first-order chi connectivity index (χ1) is 14.0. The van der Waals surface area contributed by atoms with Gasteiger partial charge < -0.3 is 9.47 Å². The van der Waals surface area contributed by atoms with Gasteiger partial charge in [0.05, 0.1) is 18.4 Å². The molecule has 0 aliphatic heterocycles. The van der Waals surface area contributed by atoms with Gasteiger partial charge in [-0.15, -0.1) is 0 Å². The van der Waals surface area contributed by atoms with Crippen LogP contribution in [-0.2, 0) is 13.2 Å². The van der Waals surface area contributed by atoms with Crippen LogP contribution in [0.2, 0.25) is 0 Å². The predicted octanol–water partition coefficient (Wildman–Crippen LogP) is 4.83. The largest absolute Gasteiger partial charge is 0.496 e. The lowest BCUT2D eigenvalue weighted by molar-refractivity contribution is 0.104. The highest BCUT2D eigenvalue weighted by molar-refractivity contribution is 6.07. The van der Waals surface area contributed by atoms with E-state index >= 15 is 0 Å². The maximum absolute atomic E-state index is 13.8. The van der Waals surface area contributed by atoms with E-state index in [0.717, 1.165) is 11.1 Å². The van der Waals surface area contributed by atoms with Gasteiger partial charge in [-0.2, -0.15) is 5.10 Å². The molecular formula is C23H23FN2O3. The number of rotatable bonds is 8. The predicted molar refractivity (Wildman–Crippen MR) is 110 cm³/mol. The van der Waals surface area contributed by atoms with E-state index in [1.807, 2.05) is 26.0 Å². The SMILES string of the molecule is CCn1cc(C(=O)/C=C/c2ccc(OC)c(COc3ccccc3F)c2)c(C)n1. The molecule has 0 radical (unpaired) electrons. The lowest BCUT2D eigenvalue weighted by atomic mass is 10.1. The quantitative estimate of drug-likeness (QED) is 0.405. The number of ketones is 1. The van der Waals surface area contributed by atoms with Crippen molar-refractivity contribution < 1.29 is 18.7 Å². The topological polar surface area (TPSA) is 53.4 Å². The number of hydrogen-bond donors (Lipinski definition) is 0. The first-order valence-electron chi connectivity index (χ1n) is 9.32. The van der Waals surface area contributed by atoms with Gasteiger partial charge in [0.1, 0.15) is 12.4 Å². The Morgan fingerprint density at radius 1 is 1.21 bits per heavy atom. The molecule has 1 aromatic heterocycles. The van der Waals surface area contributed by atoms with Crippen LogP contribution in [0.5, 0.6) is 11.5 Å². The molecule has 0 spiro atoms. The molecule has 1 heterocycles. The second kappa shape index (κ2) is 9.19. The van der Waals surface area contributed by atoms with Crippen LogP contribution in [0, 0.1) is 12.7 Å². The molecule has 0 bridgehead atoms. The Kier molecular flexibility index (Phi) is 6.44. The Morgan fingerprint density at radius 3 is 2.69 bits per heavy atom. The lowest BCUT2D eigenvalue weighted by Gasteiger charge is -2.11. The fraction of sp³-hybridized carbons (Fsp3) is 0.217. The van der Waals surface area contributed by atoms with Crippen molar-refractivity contribution in [2.75, 3.05) is 7.11 Å². The summed E-state index contributed by atoms with van der Waals surface area (Å²) in [6.07, 6.45) is 5.01. The highest BCUT2D eigenvalue weighted by Crippen LogP contribution is 2.24. The van der Waals surface area contributed by atoms with Gasteiger partial charge in [0.15, 0.2) is 17.3 Å². The summed E-state index contributed by atoms with van der Waals surface area (Å²) in [5.74, 6) is 0.275. The van der Waals surface area contributed by atoms with Crippen molar-refractivity contribution in [2.24, 2.45) is 0 Å². The maximum atomic E-state index is 13.8. The fourth-order valence-corrected chi connectivity index (χ4v) is 2.92. The molecule has 5 nitrogen and oxygen atoms in total. The zero-order valence-corrected chi connectivity index (χ0v) is 16.7. The molecule has 0 aliphatic rings. The van der Waals surface area contributed by atoms with Crippen LogP contribution >= 0.6 is 0 Å². The molecule has 3 rings (SSSR count). The number of methoxy groups -OCH3 is 1. The number of para-hydroxylation sites is 1. The van der Waals surface area contributed by atoms with Gasteiger partial charge in [0.25, 0.3) is 0 Å². The minimum atomic E-state index is -0.420. The van der Waals surface area contributed by atoms with E-state index in [2.05, 4.69) is 5.10 Å². The first-order valence-corrected chi connectivity index (χ1v) is 9.32. The lowest BCUT2D eigenvalue weighted by Crippen LogP contribution is -2.00. The Labute approximate surface area is 169 Å². The van der Waals surface area contributed by atoms with E-state index in [4.69, 9.17) is 9.47 Å². The van der Waals surface area contributed by atoms with Crippen LogP contribution in [0.15, 0.2) is 54.7 Å². The van der Waals surface area contributed by atoms with Crippen molar-refractivity contribution in [3.63, 3.8) is 0 Å². The van der Waals surface area contributed by atoms with Gasteiger partial charge in [-0.25, -0.2) is 4.39 Å². The molecule has 0 N–H and O–H groups in total.